The van der Waals surface area contributed by atoms with Crippen molar-refractivity contribution >= 4 is 59.0 Å². The summed E-state index contributed by atoms with van der Waals surface area (Å²) in [4.78, 5) is 73.5. The average Bonchev–Trinajstić information content (AvgIpc) is 3.03. The van der Waals surface area contributed by atoms with Crippen molar-refractivity contribution < 1.29 is 47.7 Å². The number of Topliss-reactive ketones (excluding diaryl/α,β-unsaturated/α-hetero) is 2. The smallest absolute Gasteiger partial charge is 0.306 e. The third kappa shape index (κ3) is 71.1. The summed E-state index contributed by atoms with van der Waals surface area (Å²) < 4.78 is 22.4. The van der Waals surface area contributed by atoms with Crippen LogP contribution in [-0.2, 0) is 47.7 Å². The summed E-state index contributed by atoms with van der Waals surface area (Å²) in [5, 5.41) is 0. The molecule has 0 rings (SSSR count). The van der Waals surface area contributed by atoms with E-state index in [4.69, 9.17) is 41.9 Å². The first-order chi connectivity index (χ1) is 45.9. The van der Waals surface area contributed by atoms with Gasteiger partial charge >= 0.3 is 23.9 Å². The van der Waals surface area contributed by atoms with E-state index in [9.17, 15) is 28.8 Å². The molecule has 0 radical (unpaired) electrons. The lowest BCUT2D eigenvalue weighted by Crippen LogP contribution is -2.38. The number of esters is 4. The van der Waals surface area contributed by atoms with Gasteiger partial charge < -0.3 is 41.9 Å². The zero-order valence-electron chi connectivity index (χ0n) is 61.8. The number of carbonyl (C=O) groups excluding carboxylic acids is 6. The number of unbranched alkanes of at least 4 members (excludes halogenated alkanes) is 48. The first-order valence-electron chi connectivity index (χ1n) is 39.7. The molecule has 14 nitrogen and oxygen atoms in total. The van der Waals surface area contributed by atoms with Gasteiger partial charge in [0.05, 0.1) is 25.2 Å². The minimum absolute atomic E-state index is 0.0364. The van der Waals surface area contributed by atoms with Gasteiger partial charge in [-0.2, -0.15) is 23.5 Å². The van der Waals surface area contributed by atoms with Crippen LogP contribution >= 0.6 is 23.5 Å². The Balaban J connectivity index is 0. The van der Waals surface area contributed by atoms with Gasteiger partial charge in [-0.1, -0.05) is 336 Å². The summed E-state index contributed by atoms with van der Waals surface area (Å²) in [6.45, 7) is 8.93. The van der Waals surface area contributed by atoms with Crippen LogP contribution in [0.2, 0.25) is 0 Å². The van der Waals surface area contributed by atoms with Crippen LogP contribution in [-0.4, -0.2) is 109 Å². The zero-order chi connectivity index (χ0) is 69.3. The van der Waals surface area contributed by atoms with E-state index < -0.39 is 24.3 Å². The van der Waals surface area contributed by atoms with Crippen molar-refractivity contribution in [2.45, 2.75) is 412 Å². The maximum absolute atomic E-state index is 12.6. The van der Waals surface area contributed by atoms with E-state index in [-0.39, 0.29) is 61.7 Å². The van der Waals surface area contributed by atoms with E-state index in [1.807, 2.05) is 0 Å². The van der Waals surface area contributed by atoms with E-state index in [0.717, 1.165) is 77.0 Å². The Bertz CT molecular complexity index is 1560. The summed E-state index contributed by atoms with van der Waals surface area (Å²) in [6.07, 6.45) is 65.8. The van der Waals surface area contributed by atoms with E-state index in [2.05, 4.69) is 27.7 Å². The number of carbonyl (C=O) groups is 6. The Morgan fingerprint density at radius 2 is 0.447 bits per heavy atom. The molecular weight excluding hydrogens is 1220 g/mol. The first kappa shape index (κ1) is 93.8. The van der Waals surface area contributed by atoms with Gasteiger partial charge in [-0.05, 0) is 25.7 Å². The molecule has 8 N–H and O–H groups in total. The van der Waals surface area contributed by atoms with Crippen LogP contribution in [0.4, 0.5) is 0 Å². The van der Waals surface area contributed by atoms with E-state index >= 15 is 0 Å². The van der Waals surface area contributed by atoms with Crippen LogP contribution in [0.15, 0.2) is 0 Å². The van der Waals surface area contributed by atoms with Gasteiger partial charge in [-0.3, -0.25) is 28.8 Å². The summed E-state index contributed by atoms with van der Waals surface area (Å²) in [7, 11) is 0. The maximum Gasteiger partial charge on any atom is 0.306 e. The Morgan fingerprint density at radius 1 is 0.266 bits per heavy atom. The summed E-state index contributed by atoms with van der Waals surface area (Å²) in [5.41, 5.74) is 22.6. The average molecular weight is 1370 g/mol. The second kappa shape index (κ2) is 76.5. The van der Waals surface area contributed by atoms with Gasteiger partial charge in [0, 0.05) is 48.7 Å². The number of ketones is 2. The van der Waals surface area contributed by atoms with Crippen LogP contribution in [0.25, 0.3) is 0 Å². The largest absolute Gasteiger partial charge is 0.462 e. The Labute approximate surface area is 587 Å². The van der Waals surface area contributed by atoms with Crippen molar-refractivity contribution in [1.29, 1.82) is 0 Å². The number of rotatable bonds is 74. The molecule has 0 aliphatic heterocycles. The minimum atomic E-state index is -0.648. The lowest BCUT2D eigenvalue weighted by Gasteiger charge is -2.19. The molecule has 0 amide bonds. The minimum Gasteiger partial charge on any atom is -0.462 e. The molecule has 94 heavy (non-hydrogen) atoms. The van der Waals surface area contributed by atoms with Gasteiger partial charge in [-0.15, -0.1) is 0 Å². The highest BCUT2D eigenvalue weighted by Gasteiger charge is 2.21. The quantitative estimate of drug-likeness (QED) is 0.0251. The van der Waals surface area contributed by atoms with Crippen molar-refractivity contribution in [2.75, 3.05) is 49.3 Å². The van der Waals surface area contributed by atoms with Crippen molar-refractivity contribution in [2.24, 2.45) is 22.9 Å². The van der Waals surface area contributed by atoms with Crippen LogP contribution in [0.3, 0.4) is 0 Å². The molecule has 556 valence electrons. The fourth-order valence-corrected chi connectivity index (χ4v) is 13.5. The van der Waals surface area contributed by atoms with Crippen LogP contribution < -0.4 is 22.9 Å². The molecule has 0 saturated heterocycles. The van der Waals surface area contributed by atoms with Crippen LogP contribution in [0.1, 0.15) is 387 Å². The summed E-state index contributed by atoms with van der Waals surface area (Å²) >= 11 is 2.84. The first-order valence-corrected chi connectivity index (χ1v) is 42.0. The van der Waals surface area contributed by atoms with Gasteiger partial charge in [0.15, 0.2) is 11.6 Å². The van der Waals surface area contributed by atoms with Gasteiger partial charge in [0.1, 0.15) is 25.4 Å². The fraction of sp³-hybridized carbons (Fsp3) is 0.923. The molecule has 4 atom stereocenters. The highest BCUT2D eigenvalue weighted by molar-refractivity contribution is 7.99. The van der Waals surface area contributed by atoms with Gasteiger partial charge in [0.2, 0.25) is 0 Å². The summed E-state index contributed by atoms with van der Waals surface area (Å²) in [5.74, 6) is 0.212. The molecule has 0 fully saturated rings. The van der Waals surface area contributed by atoms with Crippen LogP contribution in [0, 0.1) is 0 Å². The SMILES string of the molecule is CCCCCCCCCCCCCCCC(=O)OCC(CSCC(N)C(=O)CN)OC(=O)CCCCCCCCCCCCCCC.CCCCCCCCCCCCCCCC(=O)OCC(CSCC(N)C(=O)CN)OC(=O)CCCCCCCCCCCCCCC. The number of ether oxygens (including phenoxy) is 4. The molecule has 16 heteroatoms. The Kier molecular flexibility index (Phi) is 76.4. The number of hydrogen-bond donors (Lipinski definition) is 4. The van der Waals surface area contributed by atoms with Crippen molar-refractivity contribution in [1.82, 2.24) is 0 Å². The maximum atomic E-state index is 12.6. The molecule has 0 aliphatic carbocycles. The highest BCUT2D eigenvalue weighted by atomic mass is 32.2. The zero-order valence-corrected chi connectivity index (χ0v) is 63.4. The van der Waals surface area contributed by atoms with Gasteiger partial charge in [0.25, 0.3) is 0 Å². The van der Waals surface area contributed by atoms with Crippen molar-refractivity contribution in [3.63, 3.8) is 0 Å². The van der Waals surface area contributed by atoms with Crippen molar-refractivity contribution in [3.05, 3.63) is 0 Å². The topological polar surface area (TPSA) is 243 Å². The number of nitrogens with two attached hydrogens (primary N) is 4. The third-order valence-electron chi connectivity index (χ3n) is 17.8. The third-order valence-corrected chi connectivity index (χ3v) is 20.2. The fourth-order valence-electron chi connectivity index (χ4n) is 11.5. The molecule has 4 unspecified atom stereocenters. The Morgan fingerprint density at radius 3 is 0.638 bits per heavy atom. The molecule has 0 aliphatic rings. The molecule has 0 spiro atoms. The molecule has 0 aromatic rings. The predicted molar refractivity (Wildman–Crippen MR) is 402 cm³/mol. The molecule has 0 saturated carbocycles. The molecule has 0 bridgehead atoms. The molecular formula is C78H152N4O10S2. The Hall–Kier alpha value is -2.24. The highest BCUT2D eigenvalue weighted by Crippen LogP contribution is 2.20. The molecule has 0 aromatic carbocycles. The molecule has 0 aromatic heterocycles. The van der Waals surface area contributed by atoms with Crippen molar-refractivity contribution in [3.8, 4) is 0 Å². The van der Waals surface area contributed by atoms with Crippen LogP contribution in [0.5, 0.6) is 0 Å². The van der Waals surface area contributed by atoms with E-state index in [1.165, 1.54) is 280 Å². The predicted octanol–water partition coefficient (Wildman–Crippen LogP) is 20.0. The second-order valence-corrected chi connectivity index (χ2v) is 29.3. The normalized spacial score (nSPS) is 12.6. The second-order valence-electron chi connectivity index (χ2n) is 27.2. The number of hydrogen-bond acceptors (Lipinski definition) is 16. The molecule has 0 heterocycles. The number of thioether (sulfide) groups is 2. The van der Waals surface area contributed by atoms with E-state index in [0.29, 0.717) is 48.7 Å². The van der Waals surface area contributed by atoms with Gasteiger partial charge in [-0.25, -0.2) is 0 Å². The lowest BCUT2D eigenvalue weighted by molar-refractivity contribution is -0.157. The monoisotopic (exact) mass is 1370 g/mol. The lowest BCUT2D eigenvalue weighted by atomic mass is 10.0. The standard InChI is InChI=1S/2C39H76N2O5S/c2*1-3-5-7-9-11-13-15-17-19-21-23-25-27-29-38(43)45-32-35(33-47-34-36(41)37(42)31-40)46-39(44)30-28-26-24-22-20-18-16-14-12-10-8-6-4-2/h2*35-36H,3-34,40-41H2,1-2H3. The van der Waals surface area contributed by atoms with E-state index in [1.54, 1.807) is 0 Å². The summed E-state index contributed by atoms with van der Waals surface area (Å²) in [6, 6.07) is -1.30.